The normalized spacial score (nSPS) is 10.5. The number of hydrogen-bond acceptors (Lipinski definition) is 3. The lowest BCUT2D eigenvalue weighted by atomic mass is 10.1. The van der Waals surface area contributed by atoms with Crippen LogP contribution in [0.2, 0.25) is 0 Å². The lowest BCUT2D eigenvalue weighted by molar-refractivity contribution is 0.0689. The average Bonchev–Trinajstić information content (AvgIpc) is 2.74. The summed E-state index contributed by atoms with van der Waals surface area (Å²) in [5.41, 5.74) is 2.46. The molecule has 0 saturated heterocycles. The van der Waals surface area contributed by atoms with Crippen molar-refractivity contribution in [2.45, 2.75) is 6.92 Å². The van der Waals surface area contributed by atoms with Gasteiger partial charge in [-0.25, -0.2) is 4.79 Å². The molecule has 5 nitrogen and oxygen atoms in total. The number of hydrogen-bond donors (Lipinski definition) is 1. The molecule has 100 valence electrons. The average molecular weight is 325 g/mol. The number of aromatic nitrogens is 2. The predicted molar refractivity (Wildman–Crippen MR) is 74.6 cm³/mol. The number of nitrogens with zero attached hydrogens (tertiary/aromatic N) is 2. The molecule has 1 aromatic heterocycles. The van der Waals surface area contributed by atoms with E-state index < -0.39 is 5.97 Å². The maximum absolute atomic E-state index is 11.0. The van der Waals surface area contributed by atoms with Crippen LogP contribution in [0.15, 0.2) is 22.7 Å². The van der Waals surface area contributed by atoms with Crippen molar-refractivity contribution in [3.63, 3.8) is 0 Å². The van der Waals surface area contributed by atoms with E-state index in [1.54, 1.807) is 14.2 Å². The third-order valence-corrected chi connectivity index (χ3v) is 3.52. The van der Waals surface area contributed by atoms with Crippen molar-refractivity contribution in [1.29, 1.82) is 0 Å². The fourth-order valence-electron chi connectivity index (χ4n) is 1.97. The predicted octanol–water partition coefficient (Wildman–Crippen LogP) is 2.86. The van der Waals surface area contributed by atoms with Gasteiger partial charge in [-0.15, -0.1) is 0 Å². The smallest absolute Gasteiger partial charge is 0.356 e. The van der Waals surface area contributed by atoms with E-state index in [9.17, 15) is 4.79 Å². The van der Waals surface area contributed by atoms with Gasteiger partial charge in [0, 0.05) is 11.5 Å². The highest BCUT2D eigenvalue weighted by atomic mass is 79.9. The van der Waals surface area contributed by atoms with Gasteiger partial charge in [-0.05, 0) is 40.5 Å². The third kappa shape index (κ3) is 2.35. The standard InChI is InChI=1S/C13H13BrN2O3/c1-7-4-5-8(14)11(12(7)19-3)10-6-9(13(17)18)15-16(10)2/h4-6H,1-3H3,(H,17,18). The van der Waals surface area contributed by atoms with Gasteiger partial charge in [-0.1, -0.05) is 6.07 Å². The van der Waals surface area contributed by atoms with E-state index >= 15 is 0 Å². The molecule has 0 amide bonds. The van der Waals surface area contributed by atoms with E-state index in [1.807, 2.05) is 19.1 Å². The monoisotopic (exact) mass is 324 g/mol. The van der Waals surface area contributed by atoms with Crippen LogP contribution in [0.5, 0.6) is 5.75 Å². The zero-order valence-electron chi connectivity index (χ0n) is 10.8. The molecule has 1 N–H and O–H groups in total. The molecule has 1 heterocycles. The molecule has 1 aromatic carbocycles. The van der Waals surface area contributed by atoms with Gasteiger partial charge in [0.1, 0.15) is 5.75 Å². The van der Waals surface area contributed by atoms with E-state index in [4.69, 9.17) is 9.84 Å². The second-order valence-corrected chi connectivity index (χ2v) is 4.97. The highest BCUT2D eigenvalue weighted by Crippen LogP contribution is 2.38. The molecule has 0 bridgehead atoms. The van der Waals surface area contributed by atoms with E-state index in [0.717, 1.165) is 15.6 Å². The van der Waals surface area contributed by atoms with Crippen LogP contribution in [-0.4, -0.2) is 28.0 Å². The number of aromatic carboxylic acids is 1. The first-order valence-corrected chi connectivity index (χ1v) is 6.35. The second kappa shape index (κ2) is 5.05. The lowest BCUT2D eigenvalue weighted by Crippen LogP contribution is -2.00. The van der Waals surface area contributed by atoms with Crippen LogP contribution in [0, 0.1) is 6.92 Å². The molecule has 0 spiro atoms. The first-order chi connectivity index (χ1) is 8.95. The van der Waals surface area contributed by atoms with Gasteiger partial charge in [0.15, 0.2) is 5.69 Å². The van der Waals surface area contributed by atoms with E-state index in [0.29, 0.717) is 11.4 Å². The summed E-state index contributed by atoms with van der Waals surface area (Å²) in [6.45, 7) is 1.93. The van der Waals surface area contributed by atoms with Gasteiger partial charge in [-0.2, -0.15) is 5.10 Å². The van der Waals surface area contributed by atoms with Gasteiger partial charge in [0.05, 0.1) is 18.4 Å². The second-order valence-electron chi connectivity index (χ2n) is 4.12. The van der Waals surface area contributed by atoms with Crippen LogP contribution in [0.3, 0.4) is 0 Å². The molecule has 6 heteroatoms. The minimum atomic E-state index is -1.05. The molecule has 0 radical (unpaired) electrons. The van der Waals surface area contributed by atoms with Crippen molar-refractivity contribution in [2.75, 3.05) is 7.11 Å². The molecule has 19 heavy (non-hydrogen) atoms. The van der Waals surface area contributed by atoms with E-state index in [-0.39, 0.29) is 5.69 Å². The fourth-order valence-corrected chi connectivity index (χ4v) is 2.49. The number of methoxy groups -OCH3 is 1. The Kier molecular flexibility index (Phi) is 3.61. The Labute approximate surface area is 118 Å². The molecular weight excluding hydrogens is 312 g/mol. The number of carboxylic acid groups (broad SMARTS) is 1. The number of benzene rings is 1. The number of carboxylic acids is 1. The minimum absolute atomic E-state index is 0.00737. The minimum Gasteiger partial charge on any atom is -0.496 e. The number of ether oxygens (including phenoxy) is 1. The number of halogens is 1. The van der Waals surface area contributed by atoms with Gasteiger partial charge >= 0.3 is 5.97 Å². The Balaban J connectivity index is 2.71. The SMILES string of the molecule is COc1c(C)ccc(Br)c1-c1cc(C(=O)O)nn1C. The van der Waals surface area contributed by atoms with Crippen molar-refractivity contribution in [1.82, 2.24) is 9.78 Å². The quantitative estimate of drug-likeness (QED) is 0.942. The maximum Gasteiger partial charge on any atom is 0.356 e. The van der Waals surface area contributed by atoms with Crippen LogP contribution in [0.4, 0.5) is 0 Å². The molecule has 0 atom stereocenters. The first kappa shape index (κ1) is 13.6. The topological polar surface area (TPSA) is 64.3 Å². The van der Waals surface area contributed by atoms with Gasteiger partial charge in [0.25, 0.3) is 0 Å². The Morgan fingerprint density at radius 2 is 2.16 bits per heavy atom. The summed E-state index contributed by atoms with van der Waals surface area (Å²) in [4.78, 5) is 11.0. The Hall–Kier alpha value is -1.82. The number of rotatable bonds is 3. The Morgan fingerprint density at radius 1 is 1.47 bits per heavy atom. The highest BCUT2D eigenvalue weighted by Gasteiger charge is 2.19. The molecule has 0 aliphatic rings. The lowest BCUT2D eigenvalue weighted by Gasteiger charge is -2.13. The van der Waals surface area contributed by atoms with E-state index in [1.165, 1.54) is 10.7 Å². The zero-order chi connectivity index (χ0) is 14.2. The number of carbonyl (C=O) groups is 1. The Bertz CT molecular complexity index is 650. The zero-order valence-corrected chi connectivity index (χ0v) is 12.4. The van der Waals surface area contributed by atoms with Gasteiger partial charge in [-0.3, -0.25) is 4.68 Å². The van der Waals surface area contributed by atoms with Crippen LogP contribution in [0.25, 0.3) is 11.3 Å². The van der Waals surface area contributed by atoms with Crippen LogP contribution >= 0.6 is 15.9 Å². The summed E-state index contributed by atoms with van der Waals surface area (Å²) < 4.78 is 7.78. The summed E-state index contributed by atoms with van der Waals surface area (Å²) in [6.07, 6.45) is 0. The van der Waals surface area contributed by atoms with Crippen molar-refractivity contribution >= 4 is 21.9 Å². The summed E-state index contributed by atoms with van der Waals surface area (Å²) in [5.74, 6) is -0.348. The molecular formula is C13H13BrN2O3. The largest absolute Gasteiger partial charge is 0.496 e. The van der Waals surface area contributed by atoms with E-state index in [2.05, 4.69) is 21.0 Å². The first-order valence-electron chi connectivity index (χ1n) is 5.56. The summed E-state index contributed by atoms with van der Waals surface area (Å²) in [6, 6.07) is 5.37. The number of aryl methyl sites for hydroxylation is 2. The van der Waals surface area contributed by atoms with Gasteiger partial charge in [0.2, 0.25) is 0 Å². The molecule has 0 fully saturated rings. The van der Waals surface area contributed by atoms with Crippen molar-refractivity contribution in [3.05, 3.63) is 33.9 Å². The molecule has 0 saturated carbocycles. The van der Waals surface area contributed by atoms with Crippen LogP contribution < -0.4 is 4.74 Å². The summed E-state index contributed by atoms with van der Waals surface area (Å²) >= 11 is 3.47. The molecule has 2 aromatic rings. The summed E-state index contributed by atoms with van der Waals surface area (Å²) in [5, 5.41) is 13.0. The van der Waals surface area contributed by atoms with Crippen LogP contribution in [-0.2, 0) is 7.05 Å². The molecule has 0 unspecified atom stereocenters. The molecule has 2 rings (SSSR count). The van der Waals surface area contributed by atoms with Crippen molar-refractivity contribution < 1.29 is 14.6 Å². The third-order valence-electron chi connectivity index (χ3n) is 2.86. The molecule has 0 aliphatic carbocycles. The Morgan fingerprint density at radius 3 is 2.68 bits per heavy atom. The highest BCUT2D eigenvalue weighted by molar-refractivity contribution is 9.10. The maximum atomic E-state index is 11.0. The van der Waals surface area contributed by atoms with Crippen molar-refractivity contribution in [2.24, 2.45) is 7.05 Å². The van der Waals surface area contributed by atoms with Crippen LogP contribution in [0.1, 0.15) is 16.1 Å². The molecule has 0 aliphatic heterocycles. The van der Waals surface area contributed by atoms with Crippen molar-refractivity contribution in [3.8, 4) is 17.0 Å². The fraction of sp³-hybridized carbons (Fsp3) is 0.231. The summed E-state index contributed by atoms with van der Waals surface area (Å²) in [7, 11) is 3.29. The van der Waals surface area contributed by atoms with Gasteiger partial charge < -0.3 is 9.84 Å².